The molecule has 1 amide bonds. The van der Waals surface area contributed by atoms with E-state index in [-0.39, 0.29) is 11.3 Å². The van der Waals surface area contributed by atoms with E-state index in [2.05, 4.69) is 4.90 Å². The number of aliphatic hydroxyl groups is 1. The Kier molecular flexibility index (Phi) is 5.23. The molecule has 0 spiro atoms. The molecule has 0 bridgehead atoms. The molecule has 1 aromatic rings. The number of rotatable bonds is 3. The van der Waals surface area contributed by atoms with Crippen LogP contribution in [0.15, 0.2) is 12.1 Å². The van der Waals surface area contributed by atoms with Gasteiger partial charge in [0, 0.05) is 38.1 Å². The van der Waals surface area contributed by atoms with Gasteiger partial charge in [-0.3, -0.25) is 9.69 Å². The highest BCUT2D eigenvalue weighted by atomic mass is 35.5. The Bertz CT molecular complexity index is 600. The Labute approximate surface area is 152 Å². The monoisotopic (exact) mass is 372 g/mol. The fourth-order valence-electron chi connectivity index (χ4n) is 3.54. The minimum atomic E-state index is -0.797. The van der Waals surface area contributed by atoms with Crippen molar-refractivity contribution in [2.24, 2.45) is 5.41 Å². The van der Waals surface area contributed by atoms with Crippen molar-refractivity contribution in [1.82, 2.24) is 9.80 Å². The van der Waals surface area contributed by atoms with Crippen LogP contribution in [0.5, 0.6) is 0 Å². The third-order valence-electron chi connectivity index (χ3n) is 5.30. The lowest BCUT2D eigenvalue weighted by Crippen LogP contribution is -2.63. The van der Waals surface area contributed by atoms with Crippen LogP contribution in [0.4, 0.5) is 0 Å². The van der Waals surface area contributed by atoms with Gasteiger partial charge in [0.15, 0.2) is 0 Å². The van der Waals surface area contributed by atoms with E-state index >= 15 is 0 Å². The molecule has 2 aliphatic rings. The van der Waals surface area contributed by atoms with Crippen molar-refractivity contribution < 1.29 is 14.6 Å². The number of carbonyl (C=O) groups is 1. The molecule has 1 aromatic heterocycles. The van der Waals surface area contributed by atoms with E-state index in [0.29, 0.717) is 35.3 Å². The molecule has 0 aromatic carbocycles. The minimum Gasteiger partial charge on any atom is -0.388 e. The standard InChI is InChI=1S/C17H25ClN2O3S/c1-16(2)11-20(15(21)13-3-4-14(18)24-13)6-5-17(16,22)12-19-7-9-23-10-8-19/h3-4,22H,5-12H2,1-2H3. The number of thiophene rings is 1. The van der Waals surface area contributed by atoms with Gasteiger partial charge in [0.25, 0.3) is 5.91 Å². The molecule has 1 atom stereocenters. The number of piperidine rings is 1. The normalized spacial score (nSPS) is 28.1. The second-order valence-corrected chi connectivity index (χ2v) is 9.10. The molecular weight excluding hydrogens is 348 g/mol. The van der Waals surface area contributed by atoms with Crippen molar-refractivity contribution in [3.63, 3.8) is 0 Å². The number of halogens is 1. The predicted molar refractivity (Wildman–Crippen MR) is 95.8 cm³/mol. The maximum Gasteiger partial charge on any atom is 0.263 e. The van der Waals surface area contributed by atoms with Gasteiger partial charge in [-0.25, -0.2) is 0 Å². The lowest BCUT2D eigenvalue weighted by Gasteiger charge is -2.52. The zero-order valence-electron chi connectivity index (χ0n) is 14.3. The fourth-order valence-corrected chi connectivity index (χ4v) is 4.55. The van der Waals surface area contributed by atoms with Crippen molar-refractivity contribution in [2.75, 3.05) is 45.9 Å². The molecule has 2 saturated heterocycles. The van der Waals surface area contributed by atoms with Gasteiger partial charge in [-0.2, -0.15) is 0 Å². The Hall–Kier alpha value is -0.660. The smallest absolute Gasteiger partial charge is 0.263 e. The zero-order chi connectivity index (χ0) is 17.4. The van der Waals surface area contributed by atoms with E-state index in [1.54, 1.807) is 12.1 Å². The van der Waals surface area contributed by atoms with E-state index in [1.807, 2.05) is 18.7 Å². The highest BCUT2D eigenvalue weighted by Gasteiger charge is 2.49. The lowest BCUT2D eigenvalue weighted by molar-refractivity contribution is -0.133. The Morgan fingerprint density at radius 3 is 2.62 bits per heavy atom. The average Bonchev–Trinajstić information content (AvgIpc) is 2.97. The Morgan fingerprint density at radius 2 is 2.04 bits per heavy atom. The summed E-state index contributed by atoms with van der Waals surface area (Å²) in [6, 6.07) is 3.53. The summed E-state index contributed by atoms with van der Waals surface area (Å²) in [5.74, 6) is 0.00778. The zero-order valence-corrected chi connectivity index (χ0v) is 15.8. The van der Waals surface area contributed by atoms with Crippen LogP contribution in [-0.4, -0.2) is 72.4 Å². The van der Waals surface area contributed by atoms with Crippen molar-refractivity contribution >= 4 is 28.8 Å². The fraction of sp³-hybridized carbons (Fsp3) is 0.706. The predicted octanol–water partition coefficient (Wildman–Crippen LogP) is 2.34. The molecule has 3 heterocycles. The van der Waals surface area contributed by atoms with Gasteiger partial charge in [0.2, 0.25) is 0 Å². The summed E-state index contributed by atoms with van der Waals surface area (Å²) in [4.78, 5) is 17.4. The molecule has 3 rings (SSSR count). The van der Waals surface area contributed by atoms with Gasteiger partial charge in [-0.15, -0.1) is 11.3 Å². The molecule has 5 nitrogen and oxygen atoms in total. The summed E-state index contributed by atoms with van der Waals surface area (Å²) >= 11 is 7.25. The molecule has 0 aliphatic carbocycles. The third kappa shape index (κ3) is 3.63. The number of hydrogen-bond donors (Lipinski definition) is 1. The van der Waals surface area contributed by atoms with Crippen LogP contribution in [0.1, 0.15) is 29.9 Å². The number of hydrogen-bond acceptors (Lipinski definition) is 5. The van der Waals surface area contributed by atoms with E-state index in [0.717, 1.165) is 26.3 Å². The van der Waals surface area contributed by atoms with E-state index in [4.69, 9.17) is 16.3 Å². The highest BCUT2D eigenvalue weighted by molar-refractivity contribution is 7.17. The lowest BCUT2D eigenvalue weighted by atomic mass is 9.69. The van der Waals surface area contributed by atoms with Crippen LogP contribution in [0.25, 0.3) is 0 Å². The molecule has 24 heavy (non-hydrogen) atoms. The number of nitrogens with zero attached hydrogens (tertiary/aromatic N) is 2. The topological polar surface area (TPSA) is 53.0 Å². The first-order valence-corrected chi connectivity index (χ1v) is 9.57. The number of ether oxygens (including phenoxy) is 1. The first-order valence-electron chi connectivity index (χ1n) is 8.38. The first-order chi connectivity index (χ1) is 11.3. The molecule has 1 unspecified atom stereocenters. The average molecular weight is 373 g/mol. The SMILES string of the molecule is CC1(C)CN(C(=O)c2ccc(Cl)s2)CCC1(O)CN1CCOCC1. The summed E-state index contributed by atoms with van der Waals surface area (Å²) < 4.78 is 6.01. The molecule has 7 heteroatoms. The third-order valence-corrected chi connectivity index (χ3v) is 6.52. The maximum absolute atomic E-state index is 12.7. The summed E-state index contributed by atoms with van der Waals surface area (Å²) in [6.45, 7) is 9.00. The molecule has 2 aliphatic heterocycles. The van der Waals surface area contributed by atoms with Crippen LogP contribution in [0, 0.1) is 5.41 Å². The summed E-state index contributed by atoms with van der Waals surface area (Å²) in [5.41, 5.74) is -1.17. The first kappa shape index (κ1) is 18.1. The van der Waals surface area contributed by atoms with Crippen molar-refractivity contribution in [3.8, 4) is 0 Å². The van der Waals surface area contributed by atoms with Gasteiger partial charge in [0.1, 0.15) is 0 Å². The molecule has 0 radical (unpaired) electrons. The quantitative estimate of drug-likeness (QED) is 0.884. The van der Waals surface area contributed by atoms with Crippen LogP contribution in [0.2, 0.25) is 4.34 Å². The van der Waals surface area contributed by atoms with Crippen LogP contribution < -0.4 is 0 Å². The number of likely N-dealkylation sites (tertiary alicyclic amines) is 1. The minimum absolute atomic E-state index is 0.00778. The van der Waals surface area contributed by atoms with E-state index in [9.17, 15) is 9.90 Å². The summed E-state index contributed by atoms with van der Waals surface area (Å²) in [7, 11) is 0. The van der Waals surface area contributed by atoms with Crippen molar-refractivity contribution in [3.05, 3.63) is 21.3 Å². The highest BCUT2D eigenvalue weighted by Crippen LogP contribution is 2.40. The largest absolute Gasteiger partial charge is 0.388 e. The second-order valence-electron chi connectivity index (χ2n) is 7.38. The summed E-state index contributed by atoms with van der Waals surface area (Å²) in [6.07, 6.45) is 0.586. The van der Waals surface area contributed by atoms with E-state index < -0.39 is 5.60 Å². The number of morpholine rings is 1. The second kappa shape index (κ2) is 6.92. The van der Waals surface area contributed by atoms with Gasteiger partial charge in [0.05, 0.1) is 28.0 Å². The molecule has 134 valence electrons. The van der Waals surface area contributed by atoms with Gasteiger partial charge >= 0.3 is 0 Å². The van der Waals surface area contributed by atoms with Crippen LogP contribution >= 0.6 is 22.9 Å². The maximum atomic E-state index is 12.7. The number of amides is 1. The van der Waals surface area contributed by atoms with E-state index in [1.165, 1.54) is 11.3 Å². The molecule has 0 saturated carbocycles. The van der Waals surface area contributed by atoms with Gasteiger partial charge in [-0.05, 0) is 18.6 Å². The molecule has 2 fully saturated rings. The van der Waals surface area contributed by atoms with Gasteiger partial charge in [-0.1, -0.05) is 25.4 Å². The van der Waals surface area contributed by atoms with Crippen molar-refractivity contribution in [2.45, 2.75) is 25.9 Å². The number of β-amino-alcohol motifs (C(OH)–C–C–N with tert-alkyl or cyclic N) is 1. The molecule has 1 N–H and O–H groups in total. The Balaban J connectivity index is 1.68. The summed E-state index contributed by atoms with van der Waals surface area (Å²) in [5, 5.41) is 11.3. The van der Waals surface area contributed by atoms with Gasteiger partial charge < -0.3 is 14.7 Å². The number of carbonyl (C=O) groups excluding carboxylic acids is 1. The van der Waals surface area contributed by atoms with Crippen LogP contribution in [-0.2, 0) is 4.74 Å². The molecular formula is C17H25ClN2O3S. The Morgan fingerprint density at radius 1 is 1.33 bits per heavy atom. The van der Waals surface area contributed by atoms with Crippen molar-refractivity contribution in [1.29, 1.82) is 0 Å². The van der Waals surface area contributed by atoms with Crippen LogP contribution in [0.3, 0.4) is 0 Å².